The molecule has 0 saturated carbocycles. The maximum absolute atomic E-state index is 3.41. The average molecular weight is 264 g/mol. The molecule has 0 aliphatic heterocycles. The van der Waals surface area contributed by atoms with E-state index in [2.05, 4.69) is 33.8 Å². The van der Waals surface area contributed by atoms with Crippen molar-refractivity contribution in [3.05, 3.63) is 28.4 Å². The molecule has 0 nitrogen and oxygen atoms in total. The second-order valence-electron chi connectivity index (χ2n) is 1.93. The van der Waals surface area contributed by atoms with Crippen molar-refractivity contribution in [1.82, 2.24) is 0 Å². The maximum atomic E-state index is 3.41. The normalized spacial score (nSPS) is 14.3. The summed E-state index contributed by atoms with van der Waals surface area (Å²) in [6.07, 6.45) is 7.50. The van der Waals surface area contributed by atoms with E-state index in [4.69, 9.17) is 0 Å². The van der Waals surface area contributed by atoms with Crippen LogP contribution in [0.25, 0.3) is 0 Å². The number of hydrogen-bond acceptors (Lipinski definition) is 0. The third-order valence-electron chi connectivity index (χ3n) is 1.10. The minimum atomic E-state index is 0.664. The second-order valence-corrected chi connectivity index (χ2v) is 5.10. The fourth-order valence-electron chi connectivity index (χ4n) is 0.640. The van der Waals surface area contributed by atoms with Crippen LogP contribution in [0.2, 0.25) is 5.32 Å². The predicted octanol–water partition coefficient (Wildman–Crippen LogP) is 2.50. The van der Waals surface area contributed by atoms with Crippen molar-refractivity contribution in [1.29, 1.82) is 0 Å². The van der Waals surface area contributed by atoms with Crippen LogP contribution in [0, 0.1) is 0 Å². The zero-order chi connectivity index (χ0) is 7.23. The van der Waals surface area contributed by atoms with Gasteiger partial charge in [0.15, 0.2) is 0 Å². The quantitative estimate of drug-likeness (QED) is 0.317. The van der Waals surface area contributed by atoms with Gasteiger partial charge in [-0.05, 0) is 0 Å². The molecule has 0 radical (unpaired) electrons. The van der Waals surface area contributed by atoms with Crippen molar-refractivity contribution in [2.24, 2.45) is 0 Å². The first-order chi connectivity index (χ1) is 4.93. The Labute approximate surface area is 76.4 Å². The molecule has 0 unspecified atom stereocenters. The van der Waals surface area contributed by atoms with E-state index in [1.54, 1.807) is 0 Å². The first-order valence-corrected chi connectivity index (χ1v) is 6.44. The molecule has 1 aliphatic carbocycles. The number of halogens is 1. The molecule has 0 heterocycles. The Morgan fingerprint density at radius 1 is 1.60 bits per heavy atom. The van der Waals surface area contributed by atoms with Crippen LogP contribution >= 0.6 is 15.9 Å². The molecule has 10 heavy (non-hydrogen) atoms. The molecule has 0 aromatic heterocycles. The van der Waals surface area contributed by atoms with E-state index in [0.29, 0.717) is 15.0 Å². The number of hydrogen-bond donors (Lipinski definition) is 0. The van der Waals surface area contributed by atoms with E-state index >= 15 is 0 Å². The summed E-state index contributed by atoms with van der Waals surface area (Å²) in [5, 5.41) is 2.47. The Morgan fingerprint density at radius 2 is 2.50 bits per heavy atom. The van der Waals surface area contributed by atoms with Crippen molar-refractivity contribution < 1.29 is 0 Å². The van der Waals surface area contributed by atoms with Gasteiger partial charge in [-0.3, -0.25) is 0 Å². The molecule has 0 amide bonds. The van der Waals surface area contributed by atoms with Gasteiger partial charge < -0.3 is 0 Å². The van der Waals surface area contributed by atoms with Crippen LogP contribution in [0.5, 0.6) is 0 Å². The average Bonchev–Trinajstić information content (AvgIpc) is 2.41. The van der Waals surface area contributed by atoms with Gasteiger partial charge in [0.05, 0.1) is 0 Å². The van der Waals surface area contributed by atoms with Crippen molar-refractivity contribution >= 4 is 30.9 Å². The number of allylic oxidation sites excluding steroid dienone is 3. The summed E-state index contributed by atoms with van der Waals surface area (Å²) in [5.74, 6) is 0. The van der Waals surface area contributed by atoms with Crippen LogP contribution in [-0.4, -0.2) is 20.3 Å². The van der Waals surface area contributed by atoms with Gasteiger partial charge in [-0.1, -0.05) is 0 Å². The molecule has 0 aromatic rings. The molecule has 0 bridgehead atoms. The standard InChI is InChI=1S/C8H9BrSe/c9-6-3-7-10-8-4-1-2-5-8/h1-2,4H,3,6-7H2. The zero-order valence-electron chi connectivity index (χ0n) is 5.64. The molecule has 0 aromatic carbocycles. The Kier molecular flexibility index (Phi) is 4.16. The fourth-order valence-corrected chi connectivity index (χ4v) is 3.51. The van der Waals surface area contributed by atoms with E-state index < -0.39 is 0 Å². The van der Waals surface area contributed by atoms with E-state index in [1.807, 2.05) is 6.08 Å². The third kappa shape index (κ3) is 2.90. The van der Waals surface area contributed by atoms with E-state index in [9.17, 15) is 0 Å². The topological polar surface area (TPSA) is 0 Å². The summed E-state index contributed by atoms with van der Waals surface area (Å²) >= 11 is 4.08. The molecule has 1 rings (SSSR count). The minimum absolute atomic E-state index is 0.664. The van der Waals surface area contributed by atoms with Gasteiger partial charge in [-0.15, -0.1) is 0 Å². The molecule has 0 spiro atoms. The Morgan fingerprint density at radius 3 is 3.10 bits per heavy atom. The van der Waals surface area contributed by atoms with Crippen molar-refractivity contribution in [3.63, 3.8) is 0 Å². The van der Waals surface area contributed by atoms with E-state index in [1.165, 1.54) is 16.2 Å². The molecule has 0 atom stereocenters. The van der Waals surface area contributed by atoms with Crippen LogP contribution in [0.1, 0.15) is 6.42 Å². The van der Waals surface area contributed by atoms with Crippen molar-refractivity contribution in [2.45, 2.75) is 11.7 Å². The van der Waals surface area contributed by atoms with Gasteiger partial charge in [0.1, 0.15) is 0 Å². The summed E-state index contributed by atoms with van der Waals surface area (Å²) in [4.78, 5) is 0. The SMILES string of the molecule is BrCCC[Se]C1=C=CC=C1. The monoisotopic (exact) mass is 264 g/mol. The summed E-state index contributed by atoms with van der Waals surface area (Å²) in [6.45, 7) is 0. The van der Waals surface area contributed by atoms with Crippen LogP contribution in [-0.2, 0) is 0 Å². The van der Waals surface area contributed by atoms with Crippen LogP contribution in [0.4, 0.5) is 0 Å². The Hall–Kier alpha value is 0.259. The van der Waals surface area contributed by atoms with Gasteiger partial charge in [0.25, 0.3) is 0 Å². The summed E-state index contributed by atoms with van der Waals surface area (Å²) in [6, 6.07) is 0. The van der Waals surface area contributed by atoms with Crippen molar-refractivity contribution in [2.75, 3.05) is 5.33 Å². The molecular formula is C8H9BrSe. The van der Waals surface area contributed by atoms with Gasteiger partial charge in [-0.25, -0.2) is 0 Å². The van der Waals surface area contributed by atoms with Crippen LogP contribution < -0.4 is 0 Å². The van der Waals surface area contributed by atoms with Gasteiger partial charge in [0, 0.05) is 0 Å². The van der Waals surface area contributed by atoms with Crippen molar-refractivity contribution in [3.8, 4) is 0 Å². The summed E-state index contributed by atoms with van der Waals surface area (Å²) in [7, 11) is 0. The molecular weight excluding hydrogens is 255 g/mol. The summed E-state index contributed by atoms with van der Waals surface area (Å²) < 4.78 is 1.41. The third-order valence-corrected chi connectivity index (χ3v) is 3.88. The Bertz CT molecular complexity index is 187. The molecule has 0 saturated heterocycles. The van der Waals surface area contributed by atoms with E-state index in [-0.39, 0.29) is 0 Å². The number of rotatable bonds is 4. The van der Waals surface area contributed by atoms with Gasteiger partial charge >= 0.3 is 76.4 Å². The molecule has 0 N–H and O–H groups in total. The van der Waals surface area contributed by atoms with E-state index in [0.717, 1.165) is 5.33 Å². The van der Waals surface area contributed by atoms with Gasteiger partial charge in [-0.2, -0.15) is 0 Å². The molecule has 2 heteroatoms. The van der Waals surface area contributed by atoms with Gasteiger partial charge in [0.2, 0.25) is 0 Å². The first-order valence-electron chi connectivity index (χ1n) is 3.25. The predicted molar refractivity (Wildman–Crippen MR) is 49.7 cm³/mol. The second kappa shape index (κ2) is 4.98. The summed E-state index contributed by atoms with van der Waals surface area (Å²) in [5.41, 5.74) is 3.21. The molecule has 54 valence electrons. The van der Waals surface area contributed by atoms with Crippen LogP contribution in [0.3, 0.4) is 0 Å². The zero-order valence-corrected chi connectivity index (χ0v) is 8.94. The fraction of sp³-hybridized carbons (Fsp3) is 0.375. The molecule has 1 aliphatic rings. The number of alkyl halides is 1. The molecule has 0 fully saturated rings. The van der Waals surface area contributed by atoms with Crippen LogP contribution in [0.15, 0.2) is 28.4 Å². The Balaban J connectivity index is 2.15. The first kappa shape index (κ1) is 8.36.